The van der Waals surface area contributed by atoms with Crippen LogP contribution in [0.1, 0.15) is 38.3 Å². The summed E-state index contributed by atoms with van der Waals surface area (Å²) < 4.78 is 18.6. The molecule has 1 aromatic carbocycles. The third kappa shape index (κ3) is 4.92. The molecule has 0 heterocycles. The predicted molar refractivity (Wildman–Crippen MR) is 86.2 cm³/mol. The zero-order valence-electron chi connectivity index (χ0n) is 13.1. The van der Waals surface area contributed by atoms with E-state index in [1.54, 1.807) is 19.2 Å². The lowest BCUT2D eigenvalue weighted by Gasteiger charge is -2.37. The molecule has 0 bridgehead atoms. The van der Waals surface area contributed by atoms with Crippen LogP contribution in [0.5, 0.6) is 0 Å². The van der Waals surface area contributed by atoms with E-state index in [1.165, 1.54) is 6.07 Å². The summed E-state index contributed by atoms with van der Waals surface area (Å²) in [5.74, 6) is -0.401. The second kappa shape index (κ2) is 9.36. The van der Waals surface area contributed by atoms with Crippen molar-refractivity contribution in [3.8, 4) is 0 Å². The highest BCUT2D eigenvalue weighted by atomic mass is 35.5. The van der Waals surface area contributed by atoms with Gasteiger partial charge in [-0.1, -0.05) is 31.5 Å². The van der Waals surface area contributed by atoms with E-state index in [1.807, 2.05) is 0 Å². The zero-order chi connectivity index (χ0) is 15.8. The van der Waals surface area contributed by atoms with Gasteiger partial charge in [0.2, 0.25) is 0 Å². The monoisotopic (exact) mass is 316 g/mol. The highest BCUT2D eigenvalue weighted by Gasteiger charge is 2.25. The molecular weight excluding hydrogens is 291 g/mol. The van der Waals surface area contributed by atoms with Gasteiger partial charge in [0.25, 0.3) is 0 Å². The van der Waals surface area contributed by atoms with E-state index < -0.39 is 5.82 Å². The Bertz CT molecular complexity index is 427. The van der Waals surface area contributed by atoms with Crippen molar-refractivity contribution in [2.24, 2.45) is 5.73 Å². The smallest absolute Gasteiger partial charge is 0.141 e. The number of methoxy groups -OCH3 is 1. The summed E-state index contributed by atoms with van der Waals surface area (Å²) >= 11 is 5.91. The fourth-order valence-corrected chi connectivity index (χ4v) is 2.92. The Labute approximate surface area is 132 Å². The van der Waals surface area contributed by atoms with Crippen LogP contribution in [-0.2, 0) is 4.74 Å². The van der Waals surface area contributed by atoms with Crippen molar-refractivity contribution in [3.05, 3.63) is 34.6 Å². The Kier molecular flexibility index (Phi) is 8.19. The molecular formula is C16H26ClFN2O. The van der Waals surface area contributed by atoms with E-state index in [2.05, 4.69) is 18.7 Å². The summed E-state index contributed by atoms with van der Waals surface area (Å²) in [4.78, 5) is 2.34. The quantitative estimate of drug-likeness (QED) is 0.756. The lowest BCUT2D eigenvalue weighted by Crippen LogP contribution is -2.42. The minimum absolute atomic E-state index is 0.0168. The maximum absolute atomic E-state index is 13.4. The number of halogens is 2. The van der Waals surface area contributed by atoms with Gasteiger partial charge in [0, 0.05) is 32.3 Å². The van der Waals surface area contributed by atoms with Crippen molar-refractivity contribution < 1.29 is 9.13 Å². The van der Waals surface area contributed by atoms with Crippen LogP contribution in [0.4, 0.5) is 4.39 Å². The summed E-state index contributed by atoms with van der Waals surface area (Å²) in [6.45, 7) is 6.22. The topological polar surface area (TPSA) is 38.5 Å². The lowest BCUT2D eigenvalue weighted by atomic mass is 10.0. The average Bonchev–Trinajstić information content (AvgIpc) is 2.49. The molecule has 0 fully saturated rings. The van der Waals surface area contributed by atoms with Crippen molar-refractivity contribution in [1.29, 1.82) is 0 Å². The van der Waals surface area contributed by atoms with Crippen molar-refractivity contribution in [3.63, 3.8) is 0 Å². The Morgan fingerprint density at radius 2 is 2.00 bits per heavy atom. The van der Waals surface area contributed by atoms with Crippen LogP contribution in [0.2, 0.25) is 5.02 Å². The van der Waals surface area contributed by atoms with Gasteiger partial charge in [-0.05, 0) is 30.5 Å². The fraction of sp³-hybridized carbons (Fsp3) is 0.625. The standard InChI is InChI=1S/C16H26ClFN2O/c1-4-13(5-2)20(8-9-21-3)16(11-19)12-6-7-15(18)14(17)10-12/h6-7,10,13,16H,4-5,8-9,11,19H2,1-3H3. The molecule has 0 spiro atoms. The molecule has 3 nitrogen and oxygen atoms in total. The first-order valence-electron chi connectivity index (χ1n) is 7.48. The van der Waals surface area contributed by atoms with Gasteiger partial charge in [-0.15, -0.1) is 0 Å². The summed E-state index contributed by atoms with van der Waals surface area (Å²) in [6.07, 6.45) is 2.07. The highest BCUT2D eigenvalue weighted by Crippen LogP contribution is 2.27. The van der Waals surface area contributed by atoms with Gasteiger partial charge in [0.1, 0.15) is 5.82 Å². The minimum Gasteiger partial charge on any atom is -0.383 e. The van der Waals surface area contributed by atoms with Gasteiger partial charge in [0.05, 0.1) is 11.6 Å². The Morgan fingerprint density at radius 1 is 1.33 bits per heavy atom. The highest BCUT2D eigenvalue weighted by molar-refractivity contribution is 6.30. The SMILES string of the molecule is CCC(CC)N(CCOC)C(CN)c1ccc(F)c(Cl)c1. The van der Waals surface area contributed by atoms with E-state index in [9.17, 15) is 4.39 Å². The molecule has 0 aliphatic rings. The molecule has 1 unspecified atom stereocenters. The Morgan fingerprint density at radius 3 is 2.48 bits per heavy atom. The van der Waals surface area contributed by atoms with E-state index in [0.29, 0.717) is 19.2 Å². The molecule has 0 radical (unpaired) electrons. The molecule has 0 aliphatic carbocycles. The van der Waals surface area contributed by atoms with Crippen molar-refractivity contribution in [2.45, 2.75) is 38.8 Å². The molecule has 0 saturated heterocycles. The average molecular weight is 317 g/mol. The largest absolute Gasteiger partial charge is 0.383 e. The van der Waals surface area contributed by atoms with Crippen LogP contribution in [0.3, 0.4) is 0 Å². The summed E-state index contributed by atoms with van der Waals surface area (Å²) in [7, 11) is 1.69. The van der Waals surface area contributed by atoms with E-state index in [4.69, 9.17) is 22.1 Å². The Hall–Kier alpha value is -0.680. The molecule has 0 aliphatic heterocycles. The maximum atomic E-state index is 13.4. The molecule has 0 aromatic heterocycles. The molecule has 120 valence electrons. The second-order valence-electron chi connectivity index (χ2n) is 5.13. The number of hydrogen-bond donors (Lipinski definition) is 1. The lowest BCUT2D eigenvalue weighted by molar-refractivity contribution is 0.0817. The summed E-state index contributed by atoms with van der Waals surface area (Å²) in [5, 5.41) is 0.141. The molecule has 1 aromatic rings. The third-order valence-electron chi connectivity index (χ3n) is 3.92. The molecule has 0 amide bonds. The number of nitrogens with two attached hydrogens (primary N) is 1. The van der Waals surface area contributed by atoms with E-state index in [0.717, 1.165) is 24.9 Å². The fourth-order valence-electron chi connectivity index (χ4n) is 2.73. The van der Waals surface area contributed by atoms with Gasteiger partial charge in [0.15, 0.2) is 0 Å². The zero-order valence-corrected chi connectivity index (χ0v) is 13.9. The number of nitrogens with zero attached hydrogens (tertiary/aromatic N) is 1. The van der Waals surface area contributed by atoms with Gasteiger partial charge in [-0.2, -0.15) is 0 Å². The molecule has 1 rings (SSSR count). The van der Waals surface area contributed by atoms with Crippen LogP contribution >= 0.6 is 11.6 Å². The maximum Gasteiger partial charge on any atom is 0.141 e. The minimum atomic E-state index is -0.401. The van der Waals surface area contributed by atoms with Crippen LogP contribution in [0.15, 0.2) is 18.2 Å². The second-order valence-corrected chi connectivity index (χ2v) is 5.53. The molecule has 0 saturated carbocycles. The van der Waals surface area contributed by atoms with E-state index in [-0.39, 0.29) is 11.1 Å². The number of benzene rings is 1. The molecule has 2 N–H and O–H groups in total. The van der Waals surface area contributed by atoms with Crippen molar-refractivity contribution >= 4 is 11.6 Å². The van der Waals surface area contributed by atoms with Gasteiger partial charge in [-0.3, -0.25) is 4.90 Å². The first-order chi connectivity index (χ1) is 10.1. The summed E-state index contributed by atoms with van der Waals surface area (Å²) in [5.41, 5.74) is 6.94. The van der Waals surface area contributed by atoms with Crippen LogP contribution < -0.4 is 5.73 Å². The van der Waals surface area contributed by atoms with Crippen molar-refractivity contribution in [2.75, 3.05) is 26.8 Å². The van der Waals surface area contributed by atoms with Gasteiger partial charge in [-0.25, -0.2) is 4.39 Å². The first kappa shape index (κ1) is 18.4. The molecule has 5 heteroatoms. The van der Waals surface area contributed by atoms with Gasteiger partial charge < -0.3 is 10.5 Å². The summed E-state index contributed by atoms with van der Waals surface area (Å²) in [6, 6.07) is 5.28. The van der Waals surface area contributed by atoms with E-state index >= 15 is 0 Å². The third-order valence-corrected chi connectivity index (χ3v) is 4.21. The van der Waals surface area contributed by atoms with Crippen LogP contribution in [0.25, 0.3) is 0 Å². The number of rotatable bonds is 9. The normalized spacial score (nSPS) is 13.1. The molecule has 1 atom stereocenters. The van der Waals surface area contributed by atoms with Gasteiger partial charge >= 0.3 is 0 Å². The van der Waals surface area contributed by atoms with Crippen LogP contribution in [0, 0.1) is 5.82 Å². The number of ether oxygens (including phenoxy) is 1. The Balaban J connectivity index is 3.06. The van der Waals surface area contributed by atoms with Crippen LogP contribution in [-0.4, -0.2) is 37.7 Å². The number of hydrogen-bond acceptors (Lipinski definition) is 3. The first-order valence-corrected chi connectivity index (χ1v) is 7.86. The predicted octanol–water partition coefficient (Wildman–Crippen LogP) is 3.62. The molecule has 21 heavy (non-hydrogen) atoms. The van der Waals surface area contributed by atoms with Crippen molar-refractivity contribution in [1.82, 2.24) is 4.90 Å².